The highest BCUT2D eigenvalue weighted by Crippen LogP contribution is 2.17. The monoisotopic (exact) mass is 325 g/mol. The summed E-state index contributed by atoms with van der Waals surface area (Å²) >= 11 is 3.42. The molecular formula is C14H17BrFN3. The number of hydrogen-bond acceptors (Lipinski definition) is 2. The summed E-state index contributed by atoms with van der Waals surface area (Å²) in [5.74, 6) is -0.216. The lowest BCUT2D eigenvalue weighted by atomic mass is 10.2. The number of hydrogen-bond donors (Lipinski definition) is 1. The zero-order chi connectivity index (χ0) is 13.8. The topological polar surface area (TPSA) is 29.9 Å². The first-order valence-corrected chi connectivity index (χ1v) is 7.02. The van der Waals surface area contributed by atoms with Crippen molar-refractivity contribution < 1.29 is 4.39 Å². The van der Waals surface area contributed by atoms with Crippen LogP contribution < -0.4 is 5.32 Å². The van der Waals surface area contributed by atoms with Crippen molar-refractivity contribution in [3.8, 4) is 0 Å². The average molecular weight is 326 g/mol. The van der Waals surface area contributed by atoms with Crippen LogP contribution in [-0.2, 0) is 13.1 Å². The maximum Gasteiger partial charge on any atom is 0.123 e. The Morgan fingerprint density at radius 3 is 2.89 bits per heavy atom. The third kappa shape index (κ3) is 3.64. The summed E-state index contributed by atoms with van der Waals surface area (Å²) in [5, 5.41) is 3.31. The van der Waals surface area contributed by atoms with E-state index in [2.05, 4.69) is 44.6 Å². The highest BCUT2D eigenvalue weighted by Gasteiger charge is 2.06. The van der Waals surface area contributed by atoms with Crippen LogP contribution in [0.3, 0.4) is 0 Å². The number of aromatic nitrogens is 2. The van der Waals surface area contributed by atoms with E-state index in [1.54, 1.807) is 6.07 Å². The number of halogens is 2. The lowest BCUT2D eigenvalue weighted by molar-refractivity contribution is 0.549. The van der Waals surface area contributed by atoms with E-state index in [1.807, 2.05) is 12.5 Å². The molecular weight excluding hydrogens is 309 g/mol. The number of rotatable bonds is 5. The van der Waals surface area contributed by atoms with Crippen molar-refractivity contribution in [2.24, 2.45) is 0 Å². The van der Waals surface area contributed by atoms with E-state index in [4.69, 9.17) is 0 Å². The van der Waals surface area contributed by atoms with Crippen LogP contribution in [-0.4, -0.2) is 9.55 Å². The van der Waals surface area contributed by atoms with Gasteiger partial charge in [-0.2, -0.15) is 0 Å². The van der Waals surface area contributed by atoms with Crippen LogP contribution in [0, 0.1) is 5.82 Å². The molecule has 0 unspecified atom stereocenters. The Morgan fingerprint density at radius 1 is 1.37 bits per heavy atom. The standard InChI is InChI=1S/C14H17BrFN3/c1-10(2)19-9-18-8-13(19)7-17-6-11-5-12(16)3-4-14(11)15/h3-5,8-10,17H,6-7H2,1-2H3. The van der Waals surface area contributed by atoms with Crippen molar-refractivity contribution in [3.63, 3.8) is 0 Å². The predicted molar refractivity (Wildman–Crippen MR) is 77.3 cm³/mol. The van der Waals surface area contributed by atoms with E-state index >= 15 is 0 Å². The van der Waals surface area contributed by atoms with Gasteiger partial charge in [0.1, 0.15) is 5.82 Å². The molecule has 1 N–H and O–H groups in total. The highest BCUT2D eigenvalue weighted by atomic mass is 79.9. The van der Waals surface area contributed by atoms with Gasteiger partial charge in [-0.1, -0.05) is 15.9 Å². The summed E-state index contributed by atoms with van der Waals surface area (Å²) in [5.41, 5.74) is 2.04. The SMILES string of the molecule is CC(C)n1cncc1CNCc1cc(F)ccc1Br. The Morgan fingerprint density at radius 2 is 2.16 bits per heavy atom. The fraction of sp³-hybridized carbons (Fsp3) is 0.357. The molecule has 0 saturated carbocycles. The molecule has 0 fully saturated rings. The van der Waals surface area contributed by atoms with E-state index in [-0.39, 0.29) is 5.82 Å². The molecule has 0 spiro atoms. The molecule has 0 saturated heterocycles. The van der Waals surface area contributed by atoms with Gasteiger partial charge in [-0.15, -0.1) is 0 Å². The van der Waals surface area contributed by atoms with E-state index in [1.165, 1.54) is 12.1 Å². The van der Waals surface area contributed by atoms with Crippen molar-refractivity contribution in [1.82, 2.24) is 14.9 Å². The summed E-state index contributed by atoms with van der Waals surface area (Å²) in [4.78, 5) is 4.15. The molecule has 0 aliphatic heterocycles. The first-order valence-electron chi connectivity index (χ1n) is 6.23. The molecule has 0 aliphatic carbocycles. The van der Waals surface area contributed by atoms with Crippen molar-refractivity contribution in [2.45, 2.75) is 33.0 Å². The van der Waals surface area contributed by atoms with E-state index in [9.17, 15) is 4.39 Å². The number of nitrogens with one attached hydrogen (secondary N) is 1. The molecule has 0 bridgehead atoms. The van der Waals surface area contributed by atoms with E-state index in [0.717, 1.165) is 15.7 Å². The lowest BCUT2D eigenvalue weighted by Crippen LogP contribution is -2.16. The van der Waals surface area contributed by atoms with Crippen LogP contribution in [0.4, 0.5) is 4.39 Å². The highest BCUT2D eigenvalue weighted by molar-refractivity contribution is 9.10. The van der Waals surface area contributed by atoms with Crippen molar-refractivity contribution >= 4 is 15.9 Å². The Balaban J connectivity index is 1.96. The Kier molecular flexibility index (Phi) is 4.71. The van der Waals surface area contributed by atoms with Crippen LogP contribution in [0.2, 0.25) is 0 Å². The van der Waals surface area contributed by atoms with Crippen LogP contribution in [0.5, 0.6) is 0 Å². The molecule has 19 heavy (non-hydrogen) atoms. The molecule has 0 radical (unpaired) electrons. The van der Waals surface area contributed by atoms with Crippen molar-refractivity contribution in [1.29, 1.82) is 0 Å². The number of nitrogens with zero attached hydrogens (tertiary/aromatic N) is 2. The minimum Gasteiger partial charge on any atom is -0.331 e. The molecule has 2 rings (SSSR count). The maximum atomic E-state index is 13.2. The summed E-state index contributed by atoms with van der Waals surface area (Å²) in [6.45, 7) is 5.56. The second-order valence-corrected chi connectivity index (χ2v) is 5.58. The van der Waals surface area contributed by atoms with Gasteiger partial charge in [-0.25, -0.2) is 9.37 Å². The predicted octanol–water partition coefficient (Wildman–Crippen LogP) is 3.66. The minimum atomic E-state index is -0.216. The van der Waals surface area contributed by atoms with Gasteiger partial charge < -0.3 is 9.88 Å². The molecule has 1 aromatic carbocycles. The molecule has 3 nitrogen and oxygen atoms in total. The van der Waals surface area contributed by atoms with Crippen LogP contribution in [0.15, 0.2) is 35.2 Å². The van der Waals surface area contributed by atoms with Crippen molar-refractivity contribution in [2.75, 3.05) is 0 Å². The first kappa shape index (κ1) is 14.2. The smallest absolute Gasteiger partial charge is 0.123 e. The second-order valence-electron chi connectivity index (χ2n) is 4.73. The molecule has 1 aromatic heterocycles. The van der Waals surface area contributed by atoms with Gasteiger partial charge in [0, 0.05) is 29.8 Å². The molecule has 5 heteroatoms. The Hall–Kier alpha value is -1.20. The first-order chi connectivity index (χ1) is 9.08. The molecule has 2 aromatic rings. The zero-order valence-corrected chi connectivity index (χ0v) is 12.6. The second kappa shape index (κ2) is 6.30. The van der Waals surface area contributed by atoms with Gasteiger partial charge >= 0.3 is 0 Å². The van der Waals surface area contributed by atoms with Crippen LogP contribution in [0.1, 0.15) is 31.1 Å². The summed E-state index contributed by atoms with van der Waals surface area (Å²) in [6.07, 6.45) is 3.69. The largest absolute Gasteiger partial charge is 0.331 e. The third-order valence-electron chi connectivity index (χ3n) is 2.93. The van der Waals surface area contributed by atoms with Gasteiger partial charge in [0.2, 0.25) is 0 Å². The Bertz CT molecular complexity index is 551. The fourth-order valence-electron chi connectivity index (χ4n) is 1.94. The molecule has 0 aliphatic rings. The molecule has 0 amide bonds. The number of imidazole rings is 1. The minimum absolute atomic E-state index is 0.216. The molecule has 102 valence electrons. The summed E-state index contributed by atoms with van der Waals surface area (Å²) in [6, 6.07) is 5.10. The van der Waals surface area contributed by atoms with Gasteiger partial charge in [0.05, 0.1) is 12.0 Å². The maximum absolute atomic E-state index is 13.2. The third-order valence-corrected chi connectivity index (χ3v) is 3.71. The van der Waals surface area contributed by atoms with Crippen LogP contribution >= 0.6 is 15.9 Å². The van der Waals surface area contributed by atoms with Gasteiger partial charge in [-0.3, -0.25) is 0 Å². The average Bonchev–Trinajstić information content (AvgIpc) is 2.82. The quantitative estimate of drug-likeness (QED) is 0.909. The molecule has 1 heterocycles. The van der Waals surface area contributed by atoms with E-state index in [0.29, 0.717) is 19.1 Å². The van der Waals surface area contributed by atoms with Gasteiger partial charge in [0.25, 0.3) is 0 Å². The molecule has 0 atom stereocenters. The fourth-order valence-corrected chi connectivity index (χ4v) is 2.32. The normalized spacial score (nSPS) is 11.2. The lowest BCUT2D eigenvalue weighted by Gasteiger charge is -2.12. The van der Waals surface area contributed by atoms with Crippen LogP contribution in [0.25, 0.3) is 0 Å². The van der Waals surface area contributed by atoms with Crippen molar-refractivity contribution in [3.05, 3.63) is 52.3 Å². The summed E-state index contributed by atoms with van der Waals surface area (Å²) in [7, 11) is 0. The zero-order valence-electron chi connectivity index (χ0n) is 11.0. The number of benzene rings is 1. The van der Waals surface area contributed by atoms with Gasteiger partial charge in [0.15, 0.2) is 0 Å². The Labute approximate surface area is 121 Å². The van der Waals surface area contributed by atoms with Gasteiger partial charge in [-0.05, 0) is 37.6 Å². The summed E-state index contributed by atoms with van der Waals surface area (Å²) < 4.78 is 16.2. The van der Waals surface area contributed by atoms with E-state index < -0.39 is 0 Å².